The minimum absolute atomic E-state index is 0.00735. The van der Waals surface area contributed by atoms with Gasteiger partial charge in [-0.1, -0.05) is 22.7 Å². The Morgan fingerprint density at radius 3 is 2.87 bits per heavy atom. The van der Waals surface area contributed by atoms with Crippen LogP contribution in [0.2, 0.25) is 5.15 Å². The summed E-state index contributed by atoms with van der Waals surface area (Å²) in [5, 5.41) is 7.95. The number of nitrogens with zero attached hydrogens (tertiary/aromatic N) is 5. The first kappa shape index (κ1) is 24.6. The molecule has 0 saturated carbocycles. The van der Waals surface area contributed by atoms with E-state index in [1.807, 2.05) is 0 Å². The topological polar surface area (TPSA) is 72.6 Å². The van der Waals surface area contributed by atoms with Crippen molar-refractivity contribution in [2.75, 3.05) is 29.6 Å². The first-order valence-electron chi connectivity index (χ1n) is 9.01. The van der Waals surface area contributed by atoms with Crippen molar-refractivity contribution in [1.82, 2.24) is 14.8 Å². The fraction of sp³-hybridized carbons (Fsp3) is 0.368. The fourth-order valence-corrected chi connectivity index (χ4v) is 3.41. The molecule has 31 heavy (non-hydrogen) atoms. The number of carbonyl (C=O) groups excluding carboxylic acids is 1. The van der Waals surface area contributed by atoms with E-state index >= 15 is 0 Å². The van der Waals surface area contributed by atoms with Crippen LogP contribution in [-0.2, 0) is 9.63 Å². The Balaban J connectivity index is 2.25. The number of pyridine rings is 1. The number of hydrogen-bond acceptors (Lipinski definition) is 6. The Bertz CT molecular complexity index is 944. The number of rotatable bonds is 10. The molecule has 7 nitrogen and oxygen atoms in total. The van der Waals surface area contributed by atoms with Gasteiger partial charge in [-0.3, -0.25) is 14.7 Å². The van der Waals surface area contributed by atoms with Crippen LogP contribution < -0.4 is 4.90 Å². The third-order valence-electron chi connectivity index (χ3n) is 3.67. The van der Waals surface area contributed by atoms with Crippen molar-refractivity contribution in [1.29, 1.82) is 0 Å². The smallest absolute Gasteiger partial charge is 0.389 e. The van der Waals surface area contributed by atoms with Gasteiger partial charge in [-0.2, -0.15) is 30.0 Å². The maximum atomic E-state index is 13.1. The van der Waals surface area contributed by atoms with E-state index in [0.29, 0.717) is 5.69 Å². The quantitative estimate of drug-likeness (QED) is 0.226. The number of thioether (sulfide) groups is 1. The maximum Gasteiger partial charge on any atom is 0.389 e. The van der Waals surface area contributed by atoms with E-state index in [1.54, 1.807) is 31.5 Å². The zero-order chi connectivity index (χ0) is 22.9. The average molecular weight is 474 g/mol. The van der Waals surface area contributed by atoms with Crippen LogP contribution in [0.4, 0.5) is 18.9 Å². The van der Waals surface area contributed by atoms with E-state index in [-0.39, 0.29) is 41.2 Å². The van der Waals surface area contributed by atoms with Crippen molar-refractivity contribution in [3.63, 3.8) is 0 Å². The first-order valence-corrected chi connectivity index (χ1v) is 10.5. The van der Waals surface area contributed by atoms with Crippen LogP contribution in [0.5, 0.6) is 0 Å². The highest BCUT2D eigenvalue weighted by Crippen LogP contribution is 2.27. The molecular weight excluding hydrogens is 455 g/mol. The molecule has 2 aromatic heterocycles. The monoisotopic (exact) mass is 473 g/mol. The molecule has 0 spiro atoms. The van der Waals surface area contributed by atoms with Gasteiger partial charge in [0.25, 0.3) is 5.91 Å². The van der Waals surface area contributed by atoms with Gasteiger partial charge in [0.15, 0.2) is 10.9 Å². The van der Waals surface area contributed by atoms with Gasteiger partial charge < -0.3 is 4.84 Å². The molecule has 1 amide bonds. The fourth-order valence-electron chi connectivity index (χ4n) is 2.29. The van der Waals surface area contributed by atoms with Gasteiger partial charge >= 0.3 is 6.18 Å². The second kappa shape index (κ2) is 11.6. The van der Waals surface area contributed by atoms with Gasteiger partial charge in [0.05, 0.1) is 31.0 Å². The lowest BCUT2D eigenvalue weighted by molar-refractivity contribution is -0.129. The lowest BCUT2D eigenvalue weighted by Gasteiger charge is -2.19. The van der Waals surface area contributed by atoms with E-state index in [9.17, 15) is 18.0 Å². The Labute approximate surface area is 186 Å². The van der Waals surface area contributed by atoms with Crippen molar-refractivity contribution in [2.24, 2.45) is 5.16 Å². The van der Waals surface area contributed by atoms with E-state index in [0.717, 1.165) is 11.8 Å². The SMILES string of the molecule is C#CCN(C(=O)/C(CSCCC(F)(F)F)=N/OCC)c1cn(-c2cccnc2)nc1Cl. The molecule has 0 aliphatic heterocycles. The zero-order valence-electron chi connectivity index (χ0n) is 16.5. The predicted molar refractivity (Wildman–Crippen MR) is 115 cm³/mol. The molecule has 0 atom stereocenters. The van der Waals surface area contributed by atoms with Crippen LogP contribution in [0, 0.1) is 12.3 Å². The highest BCUT2D eigenvalue weighted by atomic mass is 35.5. The van der Waals surface area contributed by atoms with Crippen LogP contribution in [0.25, 0.3) is 5.69 Å². The molecule has 166 valence electrons. The molecule has 0 unspecified atom stereocenters. The molecule has 0 radical (unpaired) electrons. The van der Waals surface area contributed by atoms with Gasteiger partial charge in [-0.05, 0) is 19.1 Å². The number of carbonyl (C=O) groups is 1. The molecule has 0 bridgehead atoms. The third-order valence-corrected chi connectivity index (χ3v) is 4.91. The van der Waals surface area contributed by atoms with Crippen molar-refractivity contribution >= 4 is 40.7 Å². The standard InChI is InChI=1S/C19H19ClF3N5O2S/c1-3-9-27(16-12-28(25-17(16)20)14-6-5-8-24-11-14)18(29)15(26-30-4-2)13-31-10-7-19(21,22)23/h1,5-6,8,11-12H,4,7,9-10,13H2,2H3/b26-15+. The number of anilines is 1. The van der Waals surface area contributed by atoms with Gasteiger partial charge in [-0.15, -0.1) is 6.42 Å². The van der Waals surface area contributed by atoms with E-state index in [2.05, 4.69) is 21.2 Å². The van der Waals surface area contributed by atoms with Crippen LogP contribution in [-0.4, -0.2) is 57.2 Å². The third kappa shape index (κ3) is 7.48. The van der Waals surface area contributed by atoms with Crippen molar-refractivity contribution in [3.05, 3.63) is 35.9 Å². The first-order chi connectivity index (χ1) is 14.8. The Morgan fingerprint density at radius 1 is 1.48 bits per heavy atom. The Kier molecular flexibility index (Phi) is 9.21. The normalized spacial score (nSPS) is 11.8. The summed E-state index contributed by atoms with van der Waals surface area (Å²) in [5.74, 6) is 1.41. The summed E-state index contributed by atoms with van der Waals surface area (Å²) < 4.78 is 38.6. The molecule has 2 rings (SSSR count). The summed E-state index contributed by atoms with van der Waals surface area (Å²) in [7, 11) is 0. The summed E-state index contributed by atoms with van der Waals surface area (Å²) in [6.07, 6.45) is 4.81. The zero-order valence-corrected chi connectivity index (χ0v) is 18.0. The summed E-state index contributed by atoms with van der Waals surface area (Å²) in [5.41, 5.74) is 0.738. The molecule has 2 aromatic rings. The molecule has 12 heteroatoms. The highest BCUT2D eigenvalue weighted by Gasteiger charge is 2.28. The number of halogens is 4. The molecule has 0 fully saturated rings. The van der Waals surface area contributed by atoms with Crippen LogP contribution in [0.3, 0.4) is 0 Å². The molecular formula is C19H19ClF3N5O2S. The lowest BCUT2D eigenvalue weighted by Crippen LogP contribution is -2.38. The average Bonchev–Trinajstić information content (AvgIpc) is 3.12. The minimum Gasteiger partial charge on any atom is -0.396 e. The van der Waals surface area contributed by atoms with Crippen LogP contribution >= 0.6 is 23.4 Å². The van der Waals surface area contributed by atoms with Gasteiger partial charge in [0.2, 0.25) is 0 Å². The number of hydrogen-bond donors (Lipinski definition) is 0. The molecule has 0 aromatic carbocycles. The van der Waals surface area contributed by atoms with Gasteiger partial charge in [0.1, 0.15) is 12.3 Å². The summed E-state index contributed by atoms with van der Waals surface area (Å²) >= 11 is 7.15. The number of amides is 1. The number of oxime groups is 1. The summed E-state index contributed by atoms with van der Waals surface area (Å²) in [6, 6.07) is 3.45. The molecule has 0 aliphatic rings. The Morgan fingerprint density at radius 2 is 2.26 bits per heavy atom. The predicted octanol–water partition coefficient (Wildman–Crippen LogP) is 3.97. The Hall–Kier alpha value is -2.71. The molecule has 2 heterocycles. The number of alkyl halides is 3. The highest BCUT2D eigenvalue weighted by molar-refractivity contribution is 8.00. The van der Waals surface area contributed by atoms with E-state index < -0.39 is 18.5 Å². The minimum atomic E-state index is -4.28. The number of terminal acetylenes is 1. The van der Waals surface area contributed by atoms with E-state index in [1.165, 1.54) is 15.8 Å². The lowest BCUT2D eigenvalue weighted by atomic mass is 10.3. The van der Waals surface area contributed by atoms with Crippen molar-refractivity contribution in [2.45, 2.75) is 19.5 Å². The van der Waals surface area contributed by atoms with Crippen molar-refractivity contribution < 1.29 is 22.8 Å². The van der Waals surface area contributed by atoms with Crippen LogP contribution in [0.1, 0.15) is 13.3 Å². The largest absolute Gasteiger partial charge is 0.396 e. The summed E-state index contributed by atoms with van der Waals surface area (Å²) in [4.78, 5) is 23.3. The maximum absolute atomic E-state index is 13.1. The van der Waals surface area contributed by atoms with E-state index in [4.69, 9.17) is 22.9 Å². The summed E-state index contributed by atoms with van der Waals surface area (Å²) in [6.45, 7) is 1.69. The second-order valence-corrected chi connectivity index (χ2v) is 7.39. The number of aromatic nitrogens is 3. The molecule has 0 saturated heterocycles. The molecule has 0 N–H and O–H groups in total. The van der Waals surface area contributed by atoms with Crippen LogP contribution in [0.15, 0.2) is 35.9 Å². The van der Waals surface area contributed by atoms with Gasteiger partial charge in [0, 0.05) is 17.7 Å². The van der Waals surface area contributed by atoms with Crippen molar-refractivity contribution in [3.8, 4) is 18.0 Å². The second-order valence-electron chi connectivity index (χ2n) is 5.93. The molecule has 0 aliphatic carbocycles. The van der Waals surface area contributed by atoms with Gasteiger partial charge in [-0.25, -0.2) is 4.68 Å².